The Labute approximate surface area is 173 Å². The maximum absolute atomic E-state index is 12.2. The highest BCUT2D eigenvalue weighted by Gasteiger charge is 2.26. The van der Waals surface area contributed by atoms with Crippen LogP contribution in [0.15, 0.2) is 9.02 Å². The number of rotatable bonds is 14. The van der Waals surface area contributed by atoms with E-state index in [-0.39, 0.29) is 11.0 Å². The third kappa shape index (κ3) is 11.6. The Morgan fingerprint density at radius 2 is 1.19 bits per heavy atom. The van der Waals surface area contributed by atoms with Crippen LogP contribution in [0.4, 0.5) is 0 Å². The first kappa shape index (κ1) is 27.1. The van der Waals surface area contributed by atoms with Crippen molar-refractivity contribution in [3.8, 4) is 0 Å². The minimum absolute atomic E-state index is 0.0827. The Morgan fingerprint density at radius 1 is 0.815 bits per heavy atom. The van der Waals surface area contributed by atoms with Gasteiger partial charge in [0, 0.05) is 50.0 Å². The summed E-state index contributed by atoms with van der Waals surface area (Å²) in [5.41, 5.74) is 0.828. The first-order chi connectivity index (χ1) is 12.9. The smallest absolute Gasteiger partial charge is 0.275 e. The van der Waals surface area contributed by atoms with E-state index in [1.54, 1.807) is 0 Å². The zero-order chi connectivity index (χ0) is 20.7. The summed E-state index contributed by atoms with van der Waals surface area (Å²) in [7, 11) is -3.85. The minimum atomic E-state index is -1.92. The van der Waals surface area contributed by atoms with Gasteiger partial charge in [0.2, 0.25) is 0 Å². The lowest BCUT2D eigenvalue weighted by molar-refractivity contribution is -0.152. The Hall–Kier alpha value is 0.0600. The van der Waals surface area contributed by atoms with Gasteiger partial charge in [0.05, 0.1) is 28.9 Å². The van der Waals surface area contributed by atoms with Crippen molar-refractivity contribution in [2.45, 2.75) is 39.5 Å². The second kappa shape index (κ2) is 17.0. The van der Waals surface area contributed by atoms with Crippen molar-refractivity contribution in [1.29, 1.82) is 0 Å². The van der Waals surface area contributed by atoms with Crippen molar-refractivity contribution in [3.05, 3.63) is 0 Å². The van der Waals surface area contributed by atoms with Crippen LogP contribution in [0.25, 0.3) is 0 Å². The van der Waals surface area contributed by atoms with E-state index in [1.807, 2.05) is 13.8 Å². The first-order valence-electron chi connectivity index (χ1n) is 8.68. The summed E-state index contributed by atoms with van der Waals surface area (Å²) < 4.78 is 23.7. The van der Waals surface area contributed by atoms with Crippen LogP contribution >= 0.6 is 39.1 Å². The van der Waals surface area contributed by atoms with E-state index in [2.05, 4.69) is 9.02 Å². The van der Waals surface area contributed by atoms with Crippen LogP contribution < -0.4 is 9.79 Å². The standard InChI is InChI=1S/C16H28Cl2N2O5P2/c1-5-23-11-7-9-13(19-17)15(26(3)21)25-16(27(4)22)14(20-18)10-8-12-24-6-2/h5-12H2,1-4H3. The van der Waals surface area contributed by atoms with E-state index in [0.717, 1.165) is 0 Å². The fraction of sp³-hybridized carbons (Fsp3) is 0.750. The summed E-state index contributed by atoms with van der Waals surface area (Å²) in [6.07, 6.45) is 2.10. The van der Waals surface area contributed by atoms with Crippen molar-refractivity contribution in [2.24, 2.45) is 9.02 Å². The van der Waals surface area contributed by atoms with Gasteiger partial charge in [0.25, 0.3) is 11.0 Å². The van der Waals surface area contributed by atoms with E-state index in [4.69, 9.17) is 37.8 Å². The average Bonchev–Trinajstić information content (AvgIpc) is 2.64. The van der Waals surface area contributed by atoms with Crippen LogP contribution in [0.3, 0.4) is 0 Å². The lowest BCUT2D eigenvalue weighted by Crippen LogP contribution is -2.28. The van der Waals surface area contributed by atoms with Gasteiger partial charge in [-0.15, -0.1) is 0 Å². The summed E-state index contributed by atoms with van der Waals surface area (Å²) in [6, 6.07) is 0. The molecule has 0 heterocycles. The van der Waals surface area contributed by atoms with Gasteiger partial charge in [0.15, 0.2) is 0 Å². The number of hydrogen-bond donors (Lipinski definition) is 0. The van der Waals surface area contributed by atoms with Crippen molar-refractivity contribution < 1.29 is 24.0 Å². The molecule has 0 aliphatic carbocycles. The van der Waals surface area contributed by atoms with Crippen molar-refractivity contribution in [3.63, 3.8) is 0 Å². The fourth-order valence-corrected chi connectivity index (χ4v) is 4.05. The largest absolute Gasteiger partial charge is 0.629 e. The van der Waals surface area contributed by atoms with Crippen molar-refractivity contribution in [2.75, 3.05) is 39.8 Å². The zero-order valence-electron chi connectivity index (χ0n) is 16.2. The number of hydrogen-bond acceptors (Lipinski definition) is 7. The SMILES string of the molecule is CCOCCCC(=NCl)C(OC(C(CCCOCC)=NCl)=[P+](C)[O-])=[P+](C)[O-]. The molecule has 11 heteroatoms. The molecule has 0 aliphatic heterocycles. The van der Waals surface area contributed by atoms with Crippen LogP contribution in [0.2, 0.25) is 0 Å². The lowest BCUT2D eigenvalue weighted by Gasteiger charge is -2.11. The molecule has 0 rings (SSSR count). The summed E-state index contributed by atoms with van der Waals surface area (Å²) in [5, 5.41) is 0. The average molecular weight is 461 g/mol. The van der Waals surface area contributed by atoms with Crippen LogP contribution in [0.1, 0.15) is 39.5 Å². The predicted molar refractivity (Wildman–Crippen MR) is 115 cm³/mol. The maximum Gasteiger partial charge on any atom is 0.275 e. The summed E-state index contributed by atoms with van der Waals surface area (Å²) in [6.45, 7) is 9.00. The van der Waals surface area contributed by atoms with Gasteiger partial charge in [-0.05, 0) is 39.5 Å². The van der Waals surface area contributed by atoms with E-state index in [1.165, 1.54) is 13.3 Å². The molecule has 0 radical (unpaired) electrons. The Bertz CT molecular complexity index is 513. The van der Waals surface area contributed by atoms with Gasteiger partial charge in [0.1, 0.15) is 11.4 Å². The molecule has 7 nitrogen and oxygen atoms in total. The third-order valence-corrected chi connectivity index (χ3v) is 5.53. The second-order valence-electron chi connectivity index (χ2n) is 5.37. The molecule has 0 saturated heterocycles. The topological polar surface area (TPSA) is 98.5 Å². The van der Waals surface area contributed by atoms with Gasteiger partial charge in [-0.3, -0.25) is 0 Å². The highest BCUT2D eigenvalue weighted by atomic mass is 35.5. The molecule has 0 bridgehead atoms. The molecule has 0 aliphatic rings. The van der Waals surface area contributed by atoms with Crippen molar-refractivity contribution >= 4 is 61.5 Å². The van der Waals surface area contributed by atoms with Gasteiger partial charge in [-0.1, -0.05) is 0 Å². The fourth-order valence-electron chi connectivity index (χ4n) is 2.04. The second-order valence-corrected chi connectivity index (χ2v) is 8.51. The lowest BCUT2D eigenvalue weighted by atomic mass is 10.2. The molecular weight excluding hydrogens is 433 g/mol. The van der Waals surface area contributed by atoms with E-state index in [0.29, 0.717) is 63.5 Å². The molecule has 2 atom stereocenters. The summed E-state index contributed by atoms with van der Waals surface area (Å²) >= 11 is 11.4. The molecule has 0 saturated carbocycles. The first-order valence-corrected chi connectivity index (χ1v) is 12.8. The molecule has 0 N–H and O–H groups in total. The summed E-state index contributed by atoms with van der Waals surface area (Å²) in [5.74, 6) is 0. The predicted octanol–water partition coefficient (Wildman–Crippen LogP) is 2.86. The van der Waals surface area contributed by atoms with E-state index < -0.39 is 15.5 Å². The van der Waals surface area contributed by atoms with Crippen LogP contribution in [0.5, 0.6) is 0 Å². The van der Waals surface area contributed by atoms with Crippen LogP contribution in [-0.2, 0) is 14.2 Å². The molecule has 0 amide bonds. The van der Waals surface area contributed by atoms with E-state index >= 15 is 0 Å². The monoisotopic (exact) mass is 460 g/mol. The third-order valence-electron chi connectivity index (χ3n) is 3.28. The van der Waals surface area contributed by atoms with Crippen LogP contribution in [0, 0.1) is 0 Å². The maximum atomic E-state index is 12.2. The molecule has 156 valence electrons. The van der Waals surface area contributed by atoms with E-state index in [9.17, 15) is 9.79 Å². The quantitative estimate of drug-likeness (QED) is 0.225. The Balaban J connectivity index is 5.30. The molecular formula is C16H28Cl2N2O5P2. The van der Waals surface area contributed by atoms with Gasteiger partial charge in [-0.25, -0.2) is 4.74 Å². The zero-order valence-corrected chi connectivity index (χ0v) is 19.5. The van der Waals surface area contributed by atoms with Gasteiger partial charge < -0.3 is 19.3 Å². The minimum Gasteiger partial charge on any atom is -0.629 e. The van der Waals surface area contributed by atoms with Crippen LogP contribution in [-0.4, -0.2) is 62.1 Å². The highest BCUT2D eigenvalue weighted by molar-refractivity contribution is 7.55. The Morgan fingerprint density at radius 3 is 1.44 bits per heavy atom. The summed E-state index contributed by atoms with van der Waals surface area (Å²) in [4.78, 5) is 24.4. The molecule has 0 aromatic rings. The molecule has 0 aromatic carbocycles. The highest BCUT2D eigenvalue weighted by Crippen LogP contribution is 2.20. The van der Waals surface area contributed by atoms with Crippen molar-refractivity contribution in [1.82, 2.24) is 0 Å². The normalized spacial score (nSPS) is 15.0. The molecule has 0 fully saturated rings. The number of ether oxygens (including phenoxy) is 3. The van der Waals surface area contributed by atoms with Gasteiger partial charge >= 0.3 is 0 Å². The molecule has 2 unspecified atom stereocenters. The molecule has 27 heavy (non-hydrogen) atoms. The molecule has 0 aromatic heterocycles. The van der Waals surface area contributed by atoms with Gasteiger partial charge in [-0.2, -0.15) is 9.02 Å². The molecule has 0 spiro atoms. The Kier molecular flexibility index (Phi) is 17.0. The number of nitrogens with zero attached hydrogens (tertiary/aromatic N) is 2. The number of halogens is 2.